The van der Waals surface area contributed by atoms with E-state index in [1.807, 2.05) is 23.5 Å². The molecule has 0 aliphatic carbocycles. The van der Waals surface area contributed by atoms with Crippen LogP contribution >= 0.6 is 0 Å². The molecule has 0 amide bonds. The van der Waals surface area contributed by atoms with Gasteiger partial charge in [0.1, 0.15) is 0 Å². The fourth-order valence-corrected chi connectivity index (χ4v) is 2.54. The summed E-state index contributed by atoms with van der Waals surface area (Å²) >= 11 is 0. The Morgan fingerprint density at radius 3 is 2.30 bits per heavy atom. The molecule has 0 saturated carbocycles. The Hall–Kier alpha value is -1.62. The van der Waals surface area contributed by atoms with Crippen molar-refractivity contribution in [1.82, 2.24) is 24.9 Å². The topological polar surface area (TPSA) is 47.7 Å². The van der Waals surface area contributed by atoms with Crippen molar-refractivity contribution in [3.8, 4) is 0 Å². The molecule has 0 unspecified atom stereocenters. The molecule has 0 spiro atoms. The Morgan fingerprint density at radius 1 is 1.05 bits per heavy atom. The van der Waals surface area contributed by atoms with Gasteiger partial charge in [0, 0.05) is 50.7 Å². The summed E-state index contributed by atoms with van der Waals surface area (Å²) in [6.07, 6.45) is 5.17. The van der Waals surface area contributed by atoms with E-state index in [0.29, 0.717) is 5.92 Å². The van der Waals surface area contributed by atoms with Crippen LogP contribution in [-0.4, -0.2) is 19.6 Å². The smallest absolute Gasteiger partial charge is 0.0694 e. The Kier molecular flexibility index (Phi) is 4.60. The lowest BCUT2D eigenvalue weighted by Gasteiger charge is -2.07. The Balaban J connectivity index is 1.99. The second kappa shape index (κ2) is 6.22. The van der Waals surface area contributed by atoms with Crippen molar-refractivity contribution in [2.75, 3.05) is 0 Å². The predicted octanol–water partition coefficient (Wildman–Crippen LogP) is 2.13. The molecular weight excluding hydrogens is 250 g/mol. The van der Waals surface area contributed by atoms with E-state index in [9.17, 15) is 0 Å². The van der Waals surface area contributed by atoms with Crippen molar-refractivity contribution >= 4 is 0 Å². The molecule has 0 saturated heterocycles. The monoisotopic (exact) mass is 275 g/mol. The number of hydrogen-bond donors (Lipinski definition) is 1. The van der Waals surface area contributed by atoms with Gasteiger partial charge in [0.15, 0.2) is 0 Å². The summed E-state index contributed by atoms with van der Waals surface area (Å²) in [7, 11) is 3.95. The molecule has 5 heteroatoms. The van der Waals surface area contributed by atoms with Crippen LogP contribution < -0.4 is 5.32 Å². The van der Waals surface area contributed by atoms with E-state index in [1.54, 1.807) is 0 Å². The van der Waals surface area contributed by atoms with Gasteiger partial charge in [-0.2, -0.15) is 10.2 Å². The van der Waals surface area contributed by atoms with Crippen molar-refractivity contribution in [3.05, 3.63) is 34.9 Å². The van der Waals surface area contributed by atoms with Crippen LogP contribution in [0.5, 0.6) is 0 Å². The van der Waals surface area contributed by atoms with Crippen molar-refractivity contribution < 1.29 is 0 Å². The minimum atomic E-state index is 0.456. The van der Waals surface area contributed by atoms with E-state index < -0.39 is 0 Å². The van der Waals surface area contributed by atoms with Crippen LogP contribution in [0, 0.1) is 0 Å². The molecule has 20 heavy (non-hydrogen) atoms. The van der Waals surface area contributed by atoms with Crippen molar-refractivity contribution in [1.29, 1.82) is 0 Å². The molecule has 2 aromatic rings. The molecule has 2 aromatic heterocycles. The van der Waals surface area contributed by atoms with Crippen LogP contribution in [0.15, 0.2) is 12.4 Å². The minimum absolute atomic E-state index is 0.456. The Bertz CT molecular complexity index is 565. The molecule has 0 aliphatic heterocycles. The minimum Gasteiger partial charge on any atom is -0.308 e. The third kappa shape index (κ3) is 3.28. The number of aromatic nitrogens is 4. The maximum Gasteiger partial charge on any atom is 0.0694 e. The van der Waals surface area contributed by atoms with Crippen LogP contribution in [0.25, 0.3) is 0 Å². The SMILES string of the molecule is CCc1nn(C)cc1CNCc1cn(C)nc1C(C)C. The maximum atomic E-state index is 4.53. The van der Waals surface area contributed by atoms with E-state index in [4.69, 9.17) is 0 Å². The lowest BCUT2D eigenvalue weighted by atomic mass is 10.1. The highest BCUT2D eigenvalue weighted by Crippen LogP contribution is 2.17. The number of hydrogen-bond acceptors (Lipinski definition) is 3. The highest BCUT2D eigenvalue weighted by Gasteiger charge is 2.11. The van der Waals surface area contributed by atoms with Crippen molar-refractivity contribution in [3.63, 3.8) is 0 Å². The molecular formula is C15H25N5. The average Bonchev–Trinajstić information content (AvgIpc) is 2.92. The summed E-state index contributed by atoms with van der Waals surface area (Å²) in [4.78, 5) is 0. The molecule has 0 fully saturated rings. The number of rotatable bonds is 6. The molecule has 2 rings (SSSR count). The number of aryl methyl sites for hydroxylation is 3. The van der Waals surface area contributed by atoms with Crippen molar-refractivity contribution in [2.45, 2.75) is 46.2 Å². The fourth-order valence-electron chi connectivity index (χ4n) is 2.54. The summed E-state index contributed by atoms with van der Waals surface area (Å²) < 4.78 is 3.79. The molecule has 0 bridgehead atoms. The first kappa shape index (κ1) is 14.8. The Morgan fingerprint density at radius 2 is 1.65 bits per heavy atom. The molecule has 2 heterocycles. The van der Waals surface area contributed by atoms with E-state index in [2.05, 4.69) is 48.7 Å². The standard InChI is InChI=1S/C15H25N5/c1-6-14-12(9-19(4)17-14)7-16-8-13-10-20(5)18-15(13)11(2)3/h9-11,16H,6-8H2,1-5H3. The maximum absolute atomic E-state index is 4.53. The molecule has 5 nitrogen and oxygen atoms in total. The Labute approximate surface area is 121 Å². The van der Waals surface area contributed by atoms with Gasteiger partial charge >= 0.3 is 0 Å². The van der Waals surface area contributed by atoms with Gasteiger partial charge in [-0.25, -0.2) is 0 Å². The van der Waals surface area contributed by atoms with E-state index in [0.717, 1.165) is 19.5 Å². The van der Waals surface area contributed by atoms with Gasteiger partial charge in [0.2, 0.25) is 0 Å². The van der Waals surface area contributed by atoms with Crippen molar-refractivity contribution in [2.24, 2.45) is 14.1 Å². The summed E-state index contributed by atoms with van der Waals surface area (Å²) in [6.45, 7) is 8.21. The van der Waals surface area contributed by atoms with Gasteiger partial charge in [-0.15, -0.1) is 0 Å². The zero-order valence-corrected chi connectivity index (χ0v) is 13.1. The summed E-state index contributed by atoms with van der Waals surface area (Å²) in [6, 6.07) is 0. The van der Waals surface area contributed by atoms with Gasteiger partial charge in [0.05, 0.1) is 11.4 Å². The van der Waals surface area contributed by atoms with Gasteiger partial charge in [0.25, 0.3) is 0 Å². The highest BCUT2D eigenvalue weighted by molar-refractivity contribution is 5.21. The van der Waals surface area contributed by atoms with Gasteiger partial charge in [-0.05, 0) is 12.3 Å². The van der Waals surface area contributed by atoms with Gasteiger partial charge in [-0.3, -0.25) is 9.36 Å². The first-order chi connectivity index (χ1) is 9.51. The molecule has 110 valence electrons. The second-order valence-electron chi connectivity index (χ2n) is 5.60. The van der Waals surface area contributed by atoms with Gasteiger partial charge < -0.3 is 5.32 Å². The van der Waals surface area contributed by atoms with Crippen LogP contribution in [0.2, 0.25) is 0 Å². The normalized spacial score (nSPS) is 11.5. The summed E-state index contributed by atoms with van der Waals surface area (Å²) in [5, 5.41) is 12.5. The number of nitrogens with one attached hydrogen (secondary N) is 1. The van der Waals surface area contributed by atoms with E-state index in [-0.39, 0.29) is 0 Å². The largest absolute Gasteiger partial charge is 0.308 e. The van der Waals surface area contributed by atoms with Crippen LogP contribution in [0.4, 0.5) is 0 Å². The number of nitrogens with zero attached hydrogens (tertiary/aromatic N) is 4. The zero-order valence-electron chi connectivity index (χ0n) is 13.1. The molecule has 0 atom stereocenters. The lowest BCUT2D eigenvalue weighted by molar-refractivity contribution is 0.674. The first-order valence-corrected chi connectivity index (χ1v) is 7.25. The summed E-state index contributed by atoms with van der Waals surface area (Å²) in [5.74, 6) is 0.456. The molecule has 0 radical (unpaired) electrons. The van der Waals surface area contributed by atoms with Crippen LogP contribution in [0.3, 0.4) is 0 Å². The third-order valence-electron chi connectivity index (χ3n) is 3.44. The van der Waals surface area contributed by atoms with Gasteiger partial charge in [-0.1, -0.05) is 20.8 Å². The molecule has 1 N–H and O–H groups in total. The predicted molar refractivity (Wildman–Crippen MR) is 80.4 cm³/mol. The second-order valence-corrected chi connectivity index (χ2v) is 5.60. The van der Waals surface area contributed by atoms with Crippen LogP contribution in [-0.2, 0) is 33.6 Å². The van der Waals surface area contributed by atoms with Crippen LogP contribution in [0.1, 0.15) is 49.2 Å². The van der Waals surface area contributed by atoms with E-state index in [1.165, 1.54) is 22.5 Å². The molecule has 0 aliphatic rings. The average molecular weight is 275 g/mol. The summed E-state index contributed by atoms with van der Waals surface area (Å²) in [5.41, 5.74) is 4.92. The lowest BCUT2D eigenvalue weighted by Crippen LogP contribution is -2.14. The fraction of sp³-hybridized carbons (Fsp3) is 0.600. The molecule has 0 aromatic carbocycles. The quantitative estimate of drug-likeness (QED) is 0.878. The zero-order chi connectivity index (χ0) is 14.7. The van der Waals surface area contributed by atoms with E-state index >= 15 is 0 Å². The first-order valence-electron chi connectivity index (χ1n) is 7.25. The highest BCUT2D eigenvalue weighted by atomic mass is 15.3. The third-order valence-corrected chi connectivity index (χ3v) is 3.44.